The van der Waals surface area contributed by atoms with Crippen molar-refractivity contribution in [1.82, 2.24) is 0 Å². The molecule has 0 amide bonds. The van der Waals surface area contributed by atoms with E-state index in [2.05, 4.69) is 0 Å². The SMILES string of the molecule is CC(N)Cc1ccc(OC(C)C(C)O)cc1. The van der Waals surface area contributed by atoms with Crippen molar-refractivity contribution >= 4 is 0 Å². The summed E-state index contributed by atoms with van der Waals surface area (Å²) in [4.78, 5) is 0. The Labute approximate surface area is 97.2 Å². The molecule has 0 fully saturated rings. The van der Waals surface area contributed by atoms with Gasteiger partial charge in [-0.25, -0.2) is 0 Å². The van der Waals surface area contributed by atoms with Crippen LogP contribution in [0.25, 0.3) is 0 Å². The number of ether oxygens (including phenoxy) is 1. The van der Waals surface area contributed by atoms with Crippen LogP contribution in [0.1, 0.15) is 26.3 Å². The van der Waals surface area contributed by atoms with Gasteiger partial charge in [-0.05, 0) is 44.9 Å². The number of benzene rings is 1. The molecule has 3 atom stereocenters. The molecule has 1 aromatic rings. The topological polar surface area (TPSA) is 55.5 Å². The van der Waals surface area contributed by atoms with Crippen LogP contribution in [0, 0.1) is 0 Å². The van der Waals surface area contributed by atoms with Crippen molar-refractivity contribution in [2.45, 2.75) is 45.4 Å². The van der Waals surface area contributed by atoms with E-state index in [9.17, 15) is 5.11 Å². The third-order valence-electron chi connectivity index (χ3n) is 2.48. The standard InChI is InChI=1S/C13H21NO2/c1-9(14)8-12-4-6-13(7-5-12)16-11(3)10(2)15/h4-7,9-11,15H,8,14H2,1-3H3. The normalized spacial score (nSPS) is 16.6. The second-order valence-electron chi connectivity index (χ2n) is 4.39. The highest BCUT2D eigenvalue weighted by Crippen LogP contribution is 2.15. The summed E-state index contributed by atoms with van der Waals surface area (Å²) in [7, 11) is 0. The van der Waals surface area contributed by atoms with Gasteiger partial charge in [-0.15, -0.1) is 0 Å². The van der Waals surface area contributed by atoms with Crippen molar-refractivity contribution in [2.24, 2.45) is 5.73 Å². The minimum atomic E-state index is -0.469. The first-order valence-corrected chi connectivity index (χ1v) is 5.68. The van der Waals surface area contributed by atoms with Gasteiger partial charge >= 0.3 is 0 Å². The molecule has 0 saturated heterocycles. The van der Waals surface area contributed by atoms with Gasteiger partial charge in [-0.1, -0.05) is 12.1 Å². The Morgan fingerprint density at radius 3 is 2.19 bits per heavy atom. The predicted molar refractivity (Wildman–Crippen MR) is 65.6 cm³/mol. The second kappa shape index (κ2) is 5.87. The van der Waals surface area contributed by atoms with E-state index >= 15 is 0 Å². The molecule has 0 saturated carbocycles. The highest BCUT2D eigenvalue weighted by molar-refractivity contribution is 5.27. The third-order valence-corrected chi connectivity index (χ3v) is 2.48. The Hall–Kier alpha value is -1.06. The molecule has 3 heteroatoms. The average molecular weight is 223 g/mol. The van der Waals surface area contributed by atoms with Crippen LogP contribution in [0.4, 0.5) is 0 Å². The summed E-state index contributed by atoms with van der Waals surface area (Å²) < 4.78 is 5.55. The molecule has 90 valence electrons. The van der Waals surface area contributed by atoms with Gasteiger partial charge in [0, 0.05) is 6.04 Å². The largest absolute Gasteiger partial charge is 0.488 e. The van der Waals surface area contributed by atoms with Crippen LogP contribution in [-0.2, 0) is 6.42 Å². The summed E-state index contributed by atoms with van der Waals surface area (Å²) in [5.41, 5.74) is 6.92. The summed E-state index contributed by atoms with van der Waals surface area (Å²) >= 11 is 0. The maximum atomic E-state index is 9.31. The maximum Gasteiger partial charge on any atom is 0.121 e. The lowest BCUT2D eigenvalue weighted by atomic mass is 10.1. The number of aliphatic hydroxyl groups is 1. The van der Waals surface area contributed by atoms with E-state index in [1.807, 2.05) is 38.1 Å². The first kappa shape index (κ1) is 13.0. The molecule has 0 aliphatic heterocycles. The maximum absolute atomic E-state index is 9.31. The minimum Gasteiger partial charge on any atom is -0.488 e. The van der Waals surface area contributed by atoms with Crippen molar-refractivity contribution in [3.8, 4) is 5.75 Å². The van der Waals surface area contributed by atoms with Gasteiger partial charge < -0.3 is 15.6 Å². The van der Waals surface area contributed by atoms with Crippen molar-refractivity contribution in [2.75, 3.05) is 0 Å². The Kier molecular flexibility index (Phi) is 4.77. The van der Waals surface area contributed by atoms with Gasteiger partial charge in [0.25, 0.3) is 0 Å². The van der Waals surface area contributed by atoms with E-state index in [1.54, 1.807) is 6.92 Å². The monoisotopic (exact) mass is 223 g/mol. The number of aliphatic hydroxyl groups excluding tert-OH is 1. The van der Waals surface area contributed by atoms with Gasteiger partial charge in [0.2, 0.25) is 0 Å². The number of nitrogens with two attached hydrogens (primary N) is 1. The van der Waals surface area contributed by atoms with Crippen LogP contribution >= 0.6 is 0 Å². The molecule has 0 spiro atoms. The summed E-state index contributed by atoms with van der Waals surface area (Å²) in [6.07, 6.45) is 0.203. The smallest absolute Gasteiger partial charge is 0.121 e. The first-order valence-electron chi connectivity index (χ1n) is 5.68. The lowest BCUT2D eigenvalue weighted by Gasteiger charge is -2.17. The van der Waals surface area contributed by atoms with E-state index < -0.39 is 6.10 Å². The van der Waals surface area contributed by atoms with Crippen molar-refractivity contribution < 1.29 is 9.84 Å². The van der Waals surface area contributed by atoms with Crippen molar-refractivity contribution in [1.29, 1.82) is 0 Å². The van der Waals surface area contributed by atoms with E-state index in [0.717, 1.165) is 12.2 Å². The van der Waals surface area contributed by atoms with Crippen LogP contribution in [-0.4, -0.2) is 23.4 Å². The summed E-state index contributed by atoms with van der Waals surface area (Å²) in [5.74, 6) is 0.779. The third kappa shape index (κ3) is 4.21. The molecule has 0 aliphatic rings. The highest BCUT2D eigenvalue weighted by Gasteiger charge is 2.09. The molecule has 0 radical (unpaired) electrons. The zero-order valence-corrected chi connectivity index (χ0v) is 10.2. The summed E-state index contributed by atoms with van der Waals surface area (Å²) in [5, 5.41) is 9.31. The Balaban J connectivity index is 2.57. The van der Waals surface area contributed by atoms with Gasteiger partial charge in [0.1, 0.15) is 11.9 Å². The van der Waals surface area contributed by atoms with Gasteiger partial charge in [0.05, 0.1) is 6.10 Å². The van der Waals surface area contributed by atoms with E-state index in [-0.39, 0.29) is 12.1 Å². The molecule has 3 nitrogen and oxygen atoms in total. The molecular weight excluding hydrogens is 202 g/mol. The Morgan fingerprint density at radius 1 is 1.19 bits per heavy atom. The van der Waals surface area contributed by atoms with Crippen LogP contribution in [0.3, 0.4) is 0 Å². The molecular formula is C13H21NO2. The number of rotatable bonds is 5. The molecule has 16 heavy (non-hydrogen) atoms. The molecule has 1 rings (SSSR count). The Morgan fingerprint density at radius 2 is 1.75 bits per heavy atom. The summed E-state index contributed by atoms with van der Waals surface area (Å²) in [6, 6.07) is 8.01. The lowest BCUT2D eigenvalue weighted by molar-refractivity contribution is 0.0604. The van der Waals surface area contributed by atoms with Crippen LogP contribution in [0.2, 0.25) is 0 Å². The van der Waals surface area contributed by atoms with Crippen LogP contribution < -0.4 is 10.5 Å². The highest BCUT2D eigenvalue weighted by atomic mass is 16.5. The van der Waals surface area contributed by atoms with E-state index in [1.165, 1.54) is 5.56 Å². The Bertz CT molecular complexity index is 306. The molecule has 0 aromatic heterocycles. The van der Waals surface area contributed by atoms with Gasteiger partial charge in [-0.2, -0.15) is 0 Å². The van der Waals surface area contributed by atoms with Gasteiger partial charge in [0.15, 0.2) is 0 Å². The zero-order valence-electron chi connectivity index (χ0n) is 10.2. The molecule has 1 aromatic carbocycles. The zero-order chi connectivity index (χ0) is 12.1. The fourth-order valence-corrected chi connectivity index (χ4v) is 1.39. The van der Waals surface area contributed by atoms with E-state index in [4.69, 9.17) is 10.5 Å². The molecule has 0 aliphatic carbocycles. The molecule has 0 bridgehead atoms. The quantitative estimate of drug-likeness (QED) is 0.799. The fraction of sp³-hybridized carbons (Fsp3) is 0.538. The number of hydrogen-bond acceptors (Lipinski definition) is 3. The van der Waals surface area contributed by atoms with E-state index in [0.29, 0.717) is 0 Å². The van der Waals surface area contributed by atoms with Crippen LogP contribution in [0.5, 0.6) is 5.75 Å². The molecule has 3 N–H and O–H groups in total. The van der Waals surface area contributed by atoms with Crippen molar-refractivity contribution in [3.63, 3.8) is 0 Å². The summed E-state index contributed by atoms with van der Waals surface area (Å²) in [6.45, 7) is 5.55. The predicted octanol–water partition coefficient (Wildman–Crippen LogP) is 1.72. The average Bonchev–Trinajstić information content (AvgIpc) is 2.20. The fourth-order valence-electron chi connectivity index (χ4n) is 1.39. The lowest BCUT2D eigenvalue weighted by Crippen LogP contribution is -2.25. The molecule has 0 heterocycles. The molecule has 3 unspecified atom stereocenters. The van der Waals surface area contributed by atoms with Crippen molar-refractivity contribution in [3.05, 3.63) is 29.8 Å². The minimum absolute atomic E-state index is 0.170. The van der Waals surface area contributed by atoms with Gasteiger partial charge in [-0.3, -0.25) is 0 Å². The van der Waals surface area contributed by atoms with Crippen LogP contribution in [0.15, 0.2) is 24.3 Å². The second-order valence-corrected chi connectivity index (χ2v) is 4.39. The first-order chi connectivity index (χ1) is 7.49. The number of hydrogen-bond donors (Lipinski definition) is 2.